The fraction of sp³-hybridized carbons (Fsp3) is 0.576. The second-order valence-electron chi connectivity index (χ2n) is 12.9. The standard InChI is InChI=1S/C33H46N2O7S2/c1-23-9-7-8-12-28(23)30-20-25(13-16-29(30)32(36)34-31(33(37)38)17-18-43(2,39)40)21-35-26(19-24-10-5-4-6-11-24)14-15-27(35)22-44(3,41)42/h7-9,12-13,16,20,24,26-27,31H,4-6,10-11,14-15,17-19,21-22H2,1-3H3,(H,34,36)(H,37,38)/t26-,27-,31+/m1/s1. The van der Waals surface area contributed by atoms with Crippen molar-refractivity contribution in [2.75, 3.05) is 24.0 Å². The van der Waals surface area contributed by atoms with E-state index in [1.54, 1.807) is 6.07 Å². The Morgan fingerprint density at radius 2 is 1.59 bits per heavy atom. The zero-order chi connectivity index (χ0) is 32.1. The highest BCUT2D eigenvalue weighted by molar-refractivity contribution is 7.90. The van der Waals surface area contributed by atoms with Crippen LogP contribution in [-0.2, 0) is 31.0 Å². The second kappa shape index (κ2) is 14.6. The van der Waals surface area contributed by atoms with Gasteiger partial charge in [-0.15, -0.1) is 0 Å². The molecule has 4 rings (SSSR count). The maximum Gasteiger partial charge on any atom is 0.326 e. The smallest absolute Gasteiger partial charge is 0.326 e. The van der Waals surface area contributed by atoms with Gasteiger partial charge in [-0.05, 0) is 72.9 Å². The van der Waals surface area contributed by atoms with Crippen LogP contribution in [0.3, 0.4) is 0 Å². The zero-order valence-electron chi connectivity index (χ0n) is 26.0. The van der Waals surface area contributed by atoms with Crippen LogP contribution in [0.5, 0.6) is 0 Å². The number of amides is 1. The zero-order valence-corrected chi connectivity index (χ0v) is 27.6. The summed E-state index contributed by atoms with van der Waals surface area (Å²) in [5, 5.41) is 12.2. The molecule has 0 radical (unpaired) electrons. The van der Waals surface area contributed by atoms with Crippen LogP contribution in [0.4, 0.5) is 0 Å². The first-order valence-electron chi connectivity index (χ1n) is 15.5. The van der Waals surface area contributed by atoms with E-state index in [1.165, 1.54) is 38.4 Å². The van der Waals surface area contributed by atoms with Crippen molar-refractivity contribution in [2.24, 2.45) is 5.92 Å². The highest BCUT2D eigenvalue weighted by Crippen LogP contribution is 2.36. The maximum absolute atomic E-state index is 13.5. The van der Waals surface area contributed by atoms with Crippen molar-refractivity contribution in [1.29, 1.82) is 0 Å². The molecule has 0 bridgehead atoms. The predicted octanol–water partition coefficient (Wildman–Crippen LogP) is 4.63. The van der Waals surface area contributed by atoms with Crippen molar-refractivity contribution in [3.8, 4) is 11.1 Å². The number of hydrogen-bond donors (Lipinski definition) is 2. The minimum absolute atomic E-state index is 0.0744. The molecular formula is C33H46N2O7S2. The van der Waals surface area contributed by atoms with Crippen molar-refractivity contribution >= 4 is 31.6 Å². The summed E-state index contributed by atoms with van der Waals surface area (Å²) in [6.07, 6.45) is 11.2. The predicted molar refractivity (Wildman–Crippen MR) is 173 cm³/mol. The number of carbonyl (C=O) groups is 2. The number of carbonyl (C=O) groups excluding carboxylic acids is 1. The van der Waals surface area contributed by atoms with E-state index in [9.17, 15) is 31.5 Å². The molecule has 2 N–H and O–H groups in total. The minimum atomic E-state index is -3.41. The quantitative estimate of drug-likeness (QED) is 0.322. The number of carboxylic acids is 1. The van der Waals surface area contributed by atoms with Gasteiger partial charge in [0.1, 0.15) is 25.7 Å². The SMILES string of the molecule is Cc1ccccc1-c1cc(CN2[C@@H](CC3CCCCC3)CC[C@@H]2CS(C)(=O)=O)ccc1C(=O)N[C@@H](CCS(C)(=O)=O)C(=O)O. The molecule has 2 fully saturated rings. The van der Waals surface area contributed by atoms with E-state index >= 15 is 0 Å². The third-order valence-corrected chi connectivity index (χ3v) is 11.1. The molecule has 1 saturated carbocycles. The Morgan fingerprint density at radius 1 is 0.909 bits per heavy atom. The fourth-order valence-corrected chi connectivity index (χ4v) is 8.60. The Morgan fingerprint density at radius 3 is 2.23 bits per heavy atom. The molecule has 1 amide bonds. The van der Waals surface area contributed by atoms with Crippen LogP contribution in [-0.4, -0.2) is 80.9 Å². The number of nitrogens with one attached hydrogen (secondary N) is 1. The highest BCUT2D eigenvalue weighted by Gasteiger charge is 2.36. The first kappa shape index (κ1) is 34.1. The Bertz CT molecular complexity index is 1550. The van der Waals surface area contributed by atoms with Gasteiger partial charge in [-0.3, -0.25) is 9.69 Å². The molecule has 11 heteroatoms. The molecular weight excluding hydrogens is 601 g/mol. The number of benzene rings is 2. The number of rotatable bonds is 13. The maximum atomic E-state index is 13.5. The Balaban J connectivity index is 1.66. The average molecular weight is 647 g/mol. The van der Waals surface area contributed by atoms with Crippen molar-refractivity contribution in [3.63, 3.8) is 0 Å². The molecule has 1 heterocycles. The van der Waals surface area contributed by atoms with Gasteiger partial charge in [-0.25, -0.2) is 21.6 Å². The van der Waals surface area contributed by atoms with Gasteiger partial charge in [0, 0.05) is 36.7 Å². The number of aryl methyl sites for hydroxylation is 1. The van der Waals surface area contributed by atoms with Gasteiger partial charge in [0.25, 0.3) is 5.91 Å². The summed E-state index contributed by atoms with van der Waals surface area (Å²) < 4.78 is 48.1. The molecule has 2 aromatic carbocycles. The number of hydrogen-bond acceptors (Lipinski definition) is 7. The normalized spacial score (nSPS) is 20.8. The summed E-state index contributed by atoms with van der Waals surface area (Å²) in [7, 11) is -6.59. The summed E-state index contributed by atoms with van der Waals surface area (Å²) in [5.41, 5.74) is 3.66. The summed E-state index contributed by atoms with van der Waals surface area (Å²) in [5.74, 6) is -1.48. The van der Waals surface area contributed by atoms with Crippen LogP contribution < -0.4 is 5.32 Å². The average Bonchev–Trinajstić information content (AvgIpc) is 3.29. The summed E-state index contributed by atoms with van der Waals surface area (Å²) in [6, 6.07) is 12.0. The molecule has 9 nitrogen and oxygen atoms in total. The largest absolute Gasteiger partial charge is 0.480 e. The van der Waals surface area contributed by atoms with E-state index in [2.05, 4.69) is 10.2 Å². The van der Waals surface area contributed by atoms with Gasteiger partial charge >= 0.3 is 5.97 Å². The Hall–Kier alpha value is -2.76. The topological polar surface area (TPSA) is 138 Å². The van der Waals surface area contributed by atoms with Crippen molar-refractivity contribution in [1.82, 2.24) is 10.2 Å². The monoisotopic (exact) mass is 646 g/mol. The lowest BCUT2D eigenvalue weighted by molar-refractivity contribution is -0.139. The second-order valence-corrected chi connectivity index (χ2v) is 17.3. The van der Waals surface area contributed by atoms with E-state index in [1.807, 2.05) is 43.3 Å². The molecule has 2 aliphatic rings. The van der Waals surface area contributed by atoms with Crippen molar-refractivity contribution in [3.05, 3.63) is 59.2 Å². The van der Waals surface area contributed by atoms with Gasteiger partial charge in [0.15, 0.2) is 0 Å². The van der Waals surface area contributed by atoms with Gasteiger partial charge in [-0.2, -0.15) is 0 Å². The van der Waals surface area contributed by atoms with Crippen molar-refractivity contribution < 1.29 is 31.5 Å². The number of sulfone groups is 2. The molecule has 3 atom stereocenters. The molecule has 1 aliphatic carbocycles. The van der Waals surface area contributed by atoms with Gasteiger partial charge in [-0.1, -0.05) is 62.4 Å². The molecule has 2 aromatic rings. The number of likely N-dealkylation sites (tertiary alicyclic amines) is 1. The number of nitrogens with zero attached hydrogens (tertiary/aromatic N) is 1. The van der Waals surface area contributed by atoms with Crippen LogP contribution in [0, 0.1) is 12.8 Å². The lowest BCUT2D eigenvalue weighted by Crippen LogP contribution is -2.42. The highest BCUT2D eigenvalue weighted by atomic mass is 32.2. The molecule has 0 spiro atoms. The van der Waals surface area contributed by atoms with E-state index < -0.39 is 37.6 Å². The van der Waals surface area contributed by atoms with Crippen LogP contribution in [0.25, 0.3) is 11.1 Å². The summed E-state index contributed by atoms with van der Waals surface area (Å²) in [4.78, 5) is 27.8. The first-order valence-corrected chi connectivity index (χ1v) is 19.7. The first-order chi connectivity index (χ1) is 20.7. The van der Waals surface area contributed by atoms with Crippen LogP contribution in [0.2, 0.25) is 0 Å². The lowest BCUT2D eigenvalue weighted by Gasteiger charge is -2.33. The van der Waals surface area contributed by atoms with Crippen LogP contribution in [0.15, 0.2) is 42.5 Å². The van der Waals surface area contributed by atoms with E-state index in [4.69, 9.17) is 0 Å². The van der Waals surface area contributed by atoms with Crippen LogP contribution in [0.1, 0.15) is 79.3 Å². The number of aliphatic carboxylic acids is 1. The van der Waals surface area contributed by atoms with Gasteiger partial charge < -0.3 is 10.4 Å². The molecule has 242 valence electrons. The van der Waals surface area contributed by atoms with Gasteiger partial charge in [0.2, 0.25) is 0 Å². The molecule has 1 aliphatic heterocycles. The van der Waals surface area contributed by atoms with Crippen LogP contribution >= 0.6 is 0 Å². The third kappa shape index (κ3) is 9.62. The molecule has 1 saturated heterocycles. The molecule has 44 heavy (non-hydrogen) atoms. The molecule has 0 aromatic heterocycles. The minimum Gasteiger partial charge on any atom is -0.480 e. The van der Waals surface area contributed by atoms with Crippen molar-refractivity contribution in [2.45, 2.75) is 89.4 Å². The molecule has 0 unspecified atom stereocenters. The summed E-state index contributed by atoms with van der Waals surface area (Å²) >= 11 is 0. The van der Waals surface area contributed by atoms with Gasteiger partial charge in [0.05, 0.1) is 11.5 Å². The Labute approximate surface area is 262 Å². The Kier molecular flexibility index (Phi) is 11.3. The fourth-order valence-electron chi connectivity index (χ4n) is 6.88. The van der Waals surface area contributed by atoms with E-state index in [0.29, 0.717) is 29.6 Å². The van der Waals surface area contributed by atoms with E-state index in [0.717, 1.165) is 42.2 Å². The lowest BCUT2D eigenvalue weighted by atomic mass is 9.84. The summed E-state index contributed by atoms with van der Waals surface area (Å²) in [6.45, 7) is 2.49. The van der Waals surface area contributed by atoms with E-state index in [-0.39, 0.29) is 24.0 Å². The number of carboxylic acid groups (broad SMARTS) is 1. The third-order valence-electron chi connectivity index (χ3n) is 9.11.